The fourth-order valence-electron chi connectivity index (χ4n) is 1.42. The molecule has 0 atom stereocenters. The molecule has 6 nitrogen and oxygen atoms in total. The number of aryl methyl sites for hydroxylation is 1. The molecule has 2 aromatic rings. The number of hydrogen-bond donors (Lipinski definition) is 2. The number of nitrogens with one attached hydrogen (secondary N) is 1. The van der Waals surface area contributed by atoms with Crippen LogP contribution < -0.4 is 11.3 Å². The highest BCUT2D eigenvalue weighted by atomic mass is 32.2. The highest BCUT2D eigenvalue weighted by molar-refractivity contribution is 7.98. The minimum Gasteiger partial charge on any atom is -0.416 e. The number of thioether (sulfide) groups is 1. The van der Waals surface area contributed by atoms with Gasteiger partial charge in [-0.15, -0.1) is 10.2 Å². The molecule has 0 aliphatic carbocycles. The van der Waals surface area contributed by atoms with Crippen LogP contribution in [0, 0.1) is 6.92 Å². The molecular weight excluding hydrogens is 252 g/mol. The summed E-state index contributed by atoms with van der Waals surface area (Å²) in [6.45, 7) is 1.73. The molecule has 1 heterocycles. The summed E-state index contributed by atoms with van der Waals surface area (Å²) >= 11 is 1.38. The molecule has 0 unspecified atom stereocenters. The van der Waals surface area contributed by atoms with Crippen LogP contribution in [-0.2, 0) is 5.75 Å². The zero-order valence-electron chi connectivity index (χ0n) is 9.71. The van der Waals surface area contributed by atoms with E-state index in [0.29, 0.717) is 22.4 Å². The topological polar surface area (TPSA) is 94.0 Å². The lowest BCUT2D eigenvalue weighted by Crippen LogP contribution is -2.30. The van der Waals surface area contributed by atoms with Gasteiger partial charge in [0.05, 0.1) is 0 Å². The average Bonchev–Trinajstić information content (AvgIpc) is 2.81. The Bertz CT molecular complexity index is 555. The molecule has 18 heavy (non-hydrogen) atoms. The first kappa shape index (κ1) is 12.6. The molecule has 0 saturated heterocycles. The molecule has 1 amide bonds. The Labute approximate surface area is 108 Å². The van der Waals surface area contributed by atoms with Crippen molar-refractivity contribution in [1.82, 2.24) is 15.6 Å². The maximum absolute atomic E-state index is 11.6. The zero-order chi connectivity index (χ0) is 13.0. The quantitative estimate of drug-likeness (QED) is 0.374. The Morgan fingerprint density at radius 1 is 1.44 bits per heavy atom. The number of benzene rings is 1. The first-order valence-electron chi connectivity index (χ1n) is 5.22. The van der Waals surface area contributed by atoms with Crippen LogP contribution in [0.15, 0.2) is 33.9 Å². The fourth-order valence-corrected chi connectivity index (χ4v) is 2.23. The summed E-state index contributed by atoms with van der Waals surface area (Å²) in [4.78, 5) is 11.6. The molecule has 0 bridgehead atoms. The second-order valence-electron chi connectivity index (χ2n) is 3.51. The summed E-state index contributed by atoms with van der Waals surface area (Å²) in [7, 11) is 0. The van der Waals surface area contributed by atoms with E-state index < -0.39 is 0 Å². The van der Waals surface area contributed by atoms with Crippen molar-refractivity contribution >= 4 is 17.7 Å². The normalized spacial score (nSPS) is 10.3. The van der Waals surface area contributed by atoms with Crippen LogP contribution in [-0.4, -0.2) is 16.1 Å². The fraction of sp³-hybridized carbons (Fsp3) is 0.182. The van der Waals surface area contributed by atoms with Crippen LogP contribution in [0.2, 0.25) is 0 Å². The molecular formula is C11H12N4O2S. The predicted molar refractivity (Wildman–Crippen MR) is 66.7 cm³/mol. The Hall–Kier alpha value is -1.86. The van der Waals surface area contributed by atoms with Crippen molar-refractivity contribution in [2.45, 2.75) is 17.9 Å². The van der Waals surface area contributed by atoms with Crippen molar-refractivity contribution in [3.63, 3.8) is 0 Å². The van der Waals surface area contributed by atoms with Crippen LogP contribution in [0.5, 0.6) is 0 Å². The van der Waals surface area contributed by atoms with Gasteiger partial charge in [0.1, 0.15) is 0 Å². The third-order valence-corrected chi connectivity index (χ3v) is 3.12. The molecule has 1 aromatic heterocycles. The number of hydrogen-bond acceptors (Lipinski definition) is 6. The highest BCUT2D eigenvalue weighted by Gasteiger charge is 2.11. The van der Waals surface area contributed by atoms with Crippen molar-refractivity contribution in [3.8, 4) is 0 Å². The number of nitrogens with zero attached hydrogens (tertiary/aromatic N) is 2. The lowest BCUT2D eigenvalue weighted by molar-refractivity contribution is 0.0953. The second-order valence-corrected chi connectivity index (χ2v) is 4.43. The number of aromatic nitrogens is 2. The molecule has 3 N–H and O–H groups in total. The third kappa shape index (κ3) is 2.88. The van der Waals surface area contributed by atoms with E-state index in [1.54, 1.807) is 19.1 Å². The van der Waals surface area contributed by atoms with Crippen LogP contribution in [0.1, 0.15) is 21.8 Å². The number of amides is 1. The van der Waals surface area contributed by atoms with Gasteiger partial charge in [-0.05, 0) is 11.6 Å². The molecule has 1 aromatic carbocycles. The molecule has 94 valence electrons. The maximum atomic E-state index is 11.6. The first-order chi connectivity index (χ1) is 8.70. The summed E-state index contributed by atoms with van der Waals surface area (Å²) < 4.78 is 5.25. The highest BCUT2D eigenvalue weighted by Crippen LogP contribution is 2.23. The van der Waals surface area contributed by atoms with E-state index in [-0.39, 0.29) is 5.91 Å². The van der Waals surface area contributed by atoms with Gasteiger partial charge < -0.3 is 4.42 Å². The number of carbonyl (C=O) groups excluding carboxylic acids is 1. The SMILES string of the molecule is Cc1nnc(SCc2ccccc2C(=O)NN)o1. The van der Waals surface area contributed by atoms with Crippen LogP contribution in [0.25, 0.3) is 0 Å². The zero-order valence-corrected chi connectivity index (χ0v) is 10.5. The molecule has 0 radical (unpaired) electrons. The lowest BCUT2D eigenvalue weighted by Gasteiger charge is -2.06. The minimum atomic E-state index is -0.312. The maximum Gasteiger partial charge on any atom is 0.276 e. The van der Waals surface area contributed by atoms with E-state index in [9.17, 15) is 4.79 Å². The lowest BCUT2D eigenvalue weighted by atomic mass is 10.1. The Morgan fingerprint density at radius 2 is 2.22 bits per heavy atom. The second kappa shape index (κ2) is 5.65. The largest absolute Gasteiger partial charge is 0.416 e. The van der Waals surface area contributed by atoms with E-state index >= 15 is 0 Å². The Balaban J connectivity index is 2.11. The number of carbonyl (C=O) groups is 1. The van der Waals surface area contributed by atoms with E-state index in [1.165, 1.54) is 11.8 Å². The van der Waals surface area contributed by atoms with Gasteiger partial charge in [-0.1, -0.05) is 30.0 Å². The Morgan fingerprint density at radius 3 is 2.89 bits per heavy atom. The molecule has 2 rings (SSSR count). The van der Waals surface area contributed by atoms with E-state index in [0.717, 1.165) is 5.56 Å². The van der Waals surface area contributed by atoms with E-state index in [1.807, 2.05) is 12.1 Å². The van der Waals surface area contributed by atoms with Gasteiger partial charge in [-0.3, -0.25) is 10.2 Å². The van der Waals surface area contributed by atoms with Gasteiger partial charge in [0.15, 0.2) is 0 Å². The van der Waals surface area contributed by atoms with Gasteiger partial charge in [-0.2, -0.15) is 0 Å². The molecule has 0 aliphatic heterocycles. The number of nitrogens with two attached hydrogens (primary N) is 1. The van der Waals surface area contributed by atoms with Gasteiger partial charge >= 0.3 is 0 Å². The third-order valence-electron chi connectivity index (χ3n) is 2.25. The summed E-state index contributed by atoms with van der Waals surface area (Å²) in [5, 5.41) is 8.09. The van der Waals surface area contributed by atoms with Crippen molar-refractivity contribution in [2.24, 2.45) is 5.84 Å². The monoisotopic (exact) mass is 264 g/mol. The van der Waals surface area contributed by atoms with Crippen LogP contribution >= 0.6 is 11.8 Å². The van der Waals surface area contributed by atoms with Crippen molar-refractivity contribution in [3.05, 3.63) is 41.3 Å². The average molecular weight is 264 g/mol. The number of nitrogen functional groups attached to an aromatic ring is 1. The number of rotatable bonds is 4. The number of hydrazine groups is 1. The van der Waals surface area contributed by atoms with Crippen LogP contribution in [0.3, 0.4) is 0 Å². The van der Waals surface area contributed by atoms with Crippen molar-refractivity contribution in [1.29, 1.82) is 0 Å². The van der Waals surface area contributed by atoms with Gasteiger partial charge in [0.2, 0.25) is 5.89 Å². The van der Waals surface area contributed by atoms with Gasteiger partial charge in [-0.25, -0.2) is 5.84 Å². The predicted octanol–water partition coefficient (Wildman–Crippen LogP) is 1.27. The molecule has 7 heteroatoms. The standard InChI is InChI=1S/C11H12N4O2S/c1-7-14-15-11(17-7)18-6-8-4-2-3-5-9(8)10(16)13-12/h2-5H,6,12H2,1H3,(H,13,16). The summed E-state index contributed by atoms with van der Waals surface area (Å²) in [5.41, 5.74) is 3.53. The molecule has 0 aliphatic rings. The van der Waals surface area contributed by atoms with Crippen molar-refractivity contribution < 1.29 is 9.21 Å². The smallest absolute Gasteiger partial charge is 0.276 e. The molecule has 0 saturated carbocycles. The summed E-state index contributed by atoms with van der Waals surface area (Å²) in [6, 6.07) is 7.23. The summed E-state index contributed by atoms with van der Waals surface area (Å²) in [5.74, 6) is 5.90. The van der Waals surface area contributed by atoms with Gasteiger partial charge in [0.25, 0.3) is 11.1 Å². The minimum absolute atomic E-state index is 0.312. The first-order valence-corrected chi connectivity index (χ1v) is 6.21. The van der Waals surface area contributed by atoms with Crippen molar-refractivity contribution in [2.75, 3.05) is 0 Å². The van der Waals surface area contributed by atoms with Gasteiger partial charge in [0, 0.05) is 18.2 Å². The van der Waals surface area contributed by atoms with E-state index in [2.05, 4.69) is 15.6 Å². The van der Waals surface area contributed by atoms with E-state index in [4.69, 9.17) is 10.3 Å². The van der Waals surface area contributed by atoms with Crippen LogP contribution in [0.4, 0.5) is 0 Å². The molecule has 0 fully saturated rings. The molecule has 0 spiro atoms. The summed E-state index contributed by atoms with van der Waals surface area (Å²) in [6.07, 6.45) is 0. The Kier molecular flexibility index (Phi) is 3.96.